The molecule has 0 radical (unpaired) electrons. The van der Waals surface area contributed by atoms with Gasteiger partial charge in [-0.15, -0.1) is 0 Å². The first-order valence-electron chi connectivity index (χ1n) is 9.32. The number of hydrogen-bond acceptors (Lipinski definition) is 2. The fourth-order valence-electron chi connectivity index (χ4n) is 3.53. The highest BCUT2D eigenvalue weighted by Crippen LogP contribution is 2.35. The summed E-state index contributed by atoms with van der Waals surface area (Å²) in [6.45, 7) is 0.387. The molecule has 0 saturated heterocycles. The second kappa shape index (κ2) is 9.33. The van der Waals surface area contributed by atoms with Gasteiger partial charge in [-0.3, -0.25) is 0 Å². The molecule has 0 saturated carbocycles. The molecule has 0 bridgehead atoms. The highest BCUT2D eigenvalue weighted by atomic mass is 16.3. The molecule has 26 heavy (non-hydrogen) atoms. The molecule has 0 aromatic heterocycles. The molecule has 0 fully saturated rings. The molecule has 3 rings (SSSR count). The normalized spacial score (nSPS) is 10.8. The monoisotopic (exact) mass is 346 g/mol. The quantitative estimate of drug-likeness (QED) is 0.611. The maximum Gasteiger partial charge on any atom is 0.0434 e. The summed E-state index contributed by atoms with van der Waals surface area (Å²) in [4.78, 5) is 0. The lowest BCUT2D eigenvalue weighted by Gasteiger charge is -2.18. The first-order valence-corrected chi connectivity index (χ1v) is 9.32. The fourth-order valence-corrected chi connectivity index (χ4v) is 3.53. The Morgan fingerprint density at radius 2 is 1.15 bits per heavy atom. The molecular formula is C24H26O2. The van der Waals surface area contributed by atoms with Crippen molar-refractivity contribution in [2.45, 2.75) is 25.7 Å². The first-order chi connectivity index (χ1) is 12.8. The summed E-state index contributed by atoms with van der Waals surface area (Å²) in [5.74, 6) is 0. The third kappa shape index (κ3) is 4.21. The molecule has 0 amide bonds. The van der Waals surface area contributed by atoms with Gasteiger partial charge < -0.3 is 10.2 Å². The van der Waals surface area contributed by atoms with Gasteiger partial charge in [-0.25, -0.2) is 0 Å². The lowest BCUT2D eigenvalue weighted by atomic mass is 9.87. The van der Waals surface area contributed by atoms with Crippen molar-refractivity contribution in [3.05, 3.63) is 83.9 Å². The second-order valence-electron chi connectivity index (χ2n) is 6.51. The Hall–Kier alpha value is -2.42. The Bertz CT molecular complexity index is 825. The smallest absolute Gasteiger partial charge is 0.0434 e. The van der Waals surface area contributed by atoms with Crippen LogP contribution in [0.1, 0.15) is 24.0 Å². The second-order valence-corrected chi connectivity index (χ2v) is 6.51. The summed E-state index contributed by atoms with van der Waals surface area (Å²) in [7, 11) is 0. The summed E-state index contributed by atoms with van der Waals surface area (Å²) >= 11 is 0. The van der Waals surface area contributed by atoms with Gasteiger partial charge in [0.2, 0.25) is 0 Å². The topological polar surface area (TPSA) is 40.5 Å². The van der Waals surface area contributed by atoms with Crippen LogP contribution in [-0.4, -0.2) is 23.4 Å². The SMILES string of the molecule is OCCCc1cccc(-c2ccccc2-c2ccccc2)c1CCCO. The van der Waals surface area contributed by atoms with Crippen LogP contribution in [0.4, 0.5) is 0 Å². The van der Waals surface area contributed by atoms with E-state index in [-0.39, 0.29) is 13.2 Å². The van der Waals surface area contributed by atoms with E-state index in [0.29, 0.717) is 0 Å². The highest BCUT2D eigenvalue weighted by molar-refractivity contribution is 5.85. The summed E-state index contributed by atoms with van der Waals surface area (Å²) in [6, 6.07) is 25.4. The Morgan fingerprint density at radius 1 is 0.538 bits per heavy atom. The van der Waals surface area contributed by atoms with Crippen LogP contribution in [0.3, 0.4) is 0 Å². The standard InChI is InChI=1S/C24H26O2/c25-17-7-12-20-11-6-15-24(22(20)16-8-18-26)23-14-5-4-13-21(23)19-9-2-1-3-10-19/h1-6,9-11,13-15,25-26H,7-8,12,16-18H2. The minimum atomic E-state index is 0.189. The van der Waals surface area contributed by atoms with Crippen molar-refractivity contribution in [3.63, 3.8) is 0 Å². The zero-order chi connectivity index (χ0) is 18.2. The molecule has 134 valence electrons. The fraction of sp³-hybridized carbons (Fsp3) is 0.250. The van der Waals surface area contributed by atoms with E-state index in [1.165, 1.54) is 33.4 Å². The predicted molar refractivity (Wildman–Crippen MR) is 108 cm³/mol. The van der Waals surface area contributed by atoms with Gasteiger partial charge in [0.1, 0.15) is 0 Å². The van der Waals surface area contributed by atoms with Crippen LogP contribution in [0, 0.1) is 0 Å². The number of hydrogen-bond donors (Lipinski definition) is 2. The Kier molecular flexibility index (Phi) is 6.59. The lowest BCUT2D eigenvalue weighted by molar-refractivity contribution is 0.286. The minimum absolute atomic E-state index is 0.189. The molecule has 0 aliphatic rings. The van der Waals surface area contributed by atoms with Gasteiger partial charge in [-0.2, -0.15) is 0 Å². The Balaban J connectivity index is 2.12. The molecule has 2 heteroatoms. The Morgan fingerprint density at radius 3 is 1.88 bits per heavy atom. The van der Waals surface area contributed by atoms with Crippen LogP contribution in [0.25, 0.3) is 22.3 Å². The van der Waals surface area contributed by atoms with Crippen molar-refractivity contribution in [1.29, 1.82) is 0 Å². The lowest BCUT2D eigenvalue weighted by Crippen LogP contribution is -2.01. The molecule has 0 spiro atoms. The summed E-state index contributed by atoms with van der Waals surface area (Å²) in [5.41, 5.74) is 7.44. The van der Waals surface area contributed by atoms with E-state index in [9.17, 15) is 10.2 Å². The van der Waals surface area contributed by atoms with Crippen LogP contribution in [0.2, 0.25) is 0 Å². The van der Waals surface area contributed by atoms with Crippen LogP contribution in [0.15, 0.2) is 72.8 Å². The molecule has 0 unspecified atom stereocenters. The third-order valence-corrected chi connectivity index (χ3v) is 4.76. The number of aliphatic hydroxyl groups excluding tert-OH is 2. The average molecular weight is 346 g/mol. The van der Waals surface area contributed by atoms with E-state index in [1.54, 1.807) is 0 Å². The van der Waals surface area contributed by atoms with Gasteiger partial charge in [0.15, 0.2) is 0 Å². The Labute approximate surface area is 155 Å². The molecular weight excluding hydrogens is 320 g/mol. The van der Waals surface area contributed by atoms with E-state index in [0.717, 1.165) is 25.7 Å². The van der Waals surface area contributed by atoms with Crippen LogP contribution in [0.5, 0.6) is 0 Å². The van der Waals surface area contributed by atoms with E-state index in [1.807, 2.05) is 6.07 Å². The molecule has 0 aliphatic heterocycles. The van der Waals surface area contributed by atoms with Gasteiger partial charge in [0.25, 0.3) is 0 Å². The van der Waals surface area contributed by atoms with Crippen LogP contribution >= 0.6 is 0 Å². The van der Waals surface area contributed by atoms with Crippen molar-refractivity contribution in [2.75, 3.05) is 13.2 Å². The molecule has 2 N–H and O–H groups in total. The van der Waals surface area contributed by atoms with Gasteiger partial charge in [-0.1, -0.05) is 72.8 Å². The number of rotatable bonds is 8. The summed E-state index contributed by atoms with van der Waals surface area (Å²) in [5, 5.41) is 18.6. The largest absolute Gasteiger partial charge is 0.396 e. The molecule has 0 heterocycles. The van der Waals surface area contributed by atoms with E-state index in [4.69, 9.17) is 0 Å². The highest BCUT2D eigenvalue weighted by Gasteiger charge is 2.13. The van der Waals surface area contributed by atoms with Crippen LogP contribution in [-0.2, 0) is 12.8 Å². The van der Waals surface area contributed by atoms with Crippen LogP contribution < -0.4 is 0 Å². The van der Waals surface area contributed by atoms with Crippen molar-refractivity contribution >= 4 is 0 Å². The maximum absolute atomic E-state index is 9.35. The predicted octanol–water partition coefficient (Wildman–Crippen LogP) is 4.87. The third-order valence-electron chi connectivity index (χ3n) is 4.76. The van der Waals surface area contributed by atoms with Gasteiger partial charge in [0, 0.05) is 13.2 Å². The number of aryl methyl sites for hydroxylation is 1. The maximum atomic E-state index is 9.35. The molecule has 3 aromatic carbocycles. The van der Waals surface area contributed by atoms with E-state index >= 15 is 0 Å². The molecule has 3 aromatic rings. The van der Waals surface area contributed by atoms with Crippen molar-refractivity contribution in [3.8, 4) is 22.3 Å². The summed E-state index contributed by atoms with van der Waals surface area (Å²) in [6.07, 6.45) is 3.21. The molecule has 2 nitrogen and oxygen atoms in total. The average Bonchev–Trinajstić information content (AvgIpc) is 2.71. The zero-order valence-corrected chi connectivity index (χ0v) is 15.1. The van der Waals surface area contributed by atoms with Crippen molar-refractivity contribution in [1.82, 2.24) is 0 Å². The number of aliphatic hydroxyl groups is 2. The van der Waals surface area contributed by atoms with Gasteiger partial charge in [0.05, 0.1) is 0 Å². The van der Waals surface area contributed by atoms with Gasteiger partial charge >= 0.3 is 0 Å². The van der Waals surface area contributed by atoms with Crippen molar-refractivity contribution < 1.29 is 10.2 Å². The van der Waals surface area contributed by atoms with Crippen molar-refractivity contribution in [2.24, 2.45) is 0 Å². The molecule has 0 aliphatic carbocycles. The van der Waals surface area contributed by atoms with E-state index < -0.39 is 0 Å². The first kappa shape index (κ1) is 18.4. The zero-order valence-electron chi connectivity index (χ0n) is 15.1. The number of benzene rings is 3. The minimum Gasteiger partial charge on any atom is -0.396 e. The summed E-state index contributed by atoms with van der Waals surface area (Å²) < 4.78 is 0. The molecule has 0 atom stereocenters. The van der Waals surface area contributed by atoms with E-state index in [2.05, 4.69) is 66.7 Å². The van der Waals surface area contributed by atoms with Gasteiger partial charge in [-0.05, 0) is 59.1 Å².